The number of non-ortho nitro benzene ring substituents is 1. The van der Waals surface area contributed by atoms with E-state index in [-0.39, 0.29) is 27.1 Å². The number of sulfonamides is 2. The Morgan fingerprint density at radius 3 is 1.38 bits per heavy atom. The van der Waals surface area contributed by atoms with Gasteiger partial charge in [-0.2, -0.15) is 26.3 Å². The summed E-state index contributed by atoms with van der Waals surface area (Å²) in [5, 5.41) is 9.22. The van der Waals surface area contributed by atoms with Gasteiger partial charge < -0.3 is 0 Å². The molecule has 9 nitrogen and oxygen atoms in total. The van der Waals surface area contributed by atoms with Crippen LogP contribution in [0.1, 0.15) is 11.1 Å². The lowest BCUT2D eigenvalue weighted by molar-refractivity contribution is -0.384. The molecule has 0 aromatic heterocycles. The zero-order valence-corrected chi connectivity index (χ0v) is 27.2. The summed E-state index contributed by atoms with van der Waals surface area (Å²) < 4.78 is 130. The first-order valence-electron chi connectivity index (χ1n) is 12.0. The Morgan fingerprint density at radius 2 is 1.00 bits per heavy atom. The van der Waals surface area contributed by atoms with Crippen molar-refractivity contribution in [3.63, 3.8) is 0 Å². The van der Waals surface area contributed by atoms with Crippen LogP contribution in [-0.2, 0) is 32.4 Å². The molecule has 4 rings (SSSR count). The molecule has 0 spiro atoms. The zero-order valence-electron chi connectivity index (χ0n) is 22.5. The second-order valence-electron chi connectivity index (χ2n) is 8.89. The molecule has 0 unspecified atom stereocenters. The molecule has 0 heterocycles. The highest BCUT2D eigenvalue weighted by Crippen LogP contribution is 2.38. The van der Waals surface area contributed by atoms with E-state index in [1.165, 1.54) is 18.2 Å². The van der Waals surface area contributed by atoms with Gasteiger partial charge in [-0.15, -0.1) is 0 Å². The van der Waals surface area contributed by atoms with Crippen molar-refractivity contribution < 1.29 is 48.1 Å². The number of nitrogens with one attached hydrogen (secondary N) is 2. The summed E-state index contributed by atoms with van der Waals surface area (Å²) in [5.74, 6) is 0. The summed E-state index contributed by atoms with van der Waals surface area (Å²) in [6.45, 7) is 0. The average molecular weight is 785 g/mol. The fraction of sp³-hybridized carbons (Fsp3) is 0.0769. The Labute approximate surface area is 282 Å². The minimum Gasteiger partial charge on any atom is -0.278 e. The van der Waals surface area contributed by atoms with E-state index in [0.717, 1.165) is 42.5 Å². The fourth-order valence-electron chi connectivity index (χ4n) is 3.43. The third kappa shape index (κ3) is 9.77. The van der Waals surface area contributed by atoms with E-state index in [1.54, 1.807) is 6.07 Å². The van der Waals surface area contributed by atoms with Crippen LogP contribution in [0.3, 0.4) is 0 Å². The van der Waals surface area contributed by atoms with Crippen LogP contribution in [-0.4, -0.2) is 21.8 Å². The molecule has 0 radical (unpaired) electrons. The molecule has 4 aromatic carbocycles. The number of halogens is 10. The predicted octanol–water partition coefficient (Wildman–Crippen LogP) is 9.53. The summed E-state index contributed by atoms with van der Waals surface area (Å²) in [5.41, 5.74) is -3.08. The number of para-hydroxylation sites is 1. The molecular formula is C26H15Cl4F6N3O6S2. The molecule has 0 saturated carbocycles. The van der Waals surface area contributed by atoms with Gasteiger partial charge in [-0.05, 0) is 54.6 Å². The van der Waals surface area contributed by atoms with Gasteiger partial charge in [0, 0.05) is 12.1 Å². The third-order valence-corrected chi connectivity index (χ3v) is 9.66. The first-order chi connectivity index (χ1) is 21.5. The third-order valence-electron chi connectivity index (χ3n) is 5.63. The van der Waals surface area contributed by atoms with Gasteiger partial charge >= 0.3 is 12.4 Å². The van der Waals surface area contributed by atoms with Crippen LogP contribution < -0.4 is 9.44 Å². The van der Waals surface area contributed by atoms with Crippen LogP contribution in [0.2, 0.25) is 20.1 Å². The largest absolute Gasteiger partial charge is 0.417 e. The fourth-order valence-corrected chi connectivity index (χ4v) is 6.61. The molecule has 0 fully saturated rings. The molecular weight excluding hydrogens is 770 g/mol. The van der Waals surface area contributed by atoms with Crippen molar-refractivity contribution in [2.24, 2.45) is 0 Å². The number of nitrogens with zero attached hydrogens (tertiary/aromatic N) is 1. The van der Waals surface area contributed by atoms with Crippen molar-refractivity contribution in [3.8, 4) is 0 Å². The molecule has 0 aliphatic rings. The zero-order chi connectivity index (χ0) is 35.5. The standard InChI is InChI=1S/C13H7Cl2F3N2O4S.C13H8Cl2F3NO2S/c14-10-3-2-8(6-9(10)13(16,17)18)25(23,24)19-12-4-1-7(20(21)22)5-11(12)15;14-10-6-5-8(7-9(10)13(16,17)18)22(20,21)19-12-4-2-1-3-11(12)15/h1-6,19H;1-7,19H. The number of rotatable bonds is 7. The van der Waals surface area contributed by atoms with Crippen molar-refractivity contribution in [2.75, 3.05) is 9.44 Å². The van der Waals surface area contributed by atoms with E-state index in [1.807, 2.05) is 4.72 Å². The lowest BCUT2D eigenvalue weighted by atomic mass is 10.2. The van der Waals surface area contributed by atoms with Gasteiger partial charge in [0.2, 0.25) is 0 Å². The van der Waals surface area contributed by atoms with Crippen molar-refractivity contribution in [3.05, 3.63) is 120 Å². The number of anilines is 2. The van der Waals surface area contributed by atoms with E-state index < -0.39 is 68.3 Å². The van der Waals surface area contributed by atoms with Gasteiger partial charge in [0.05, 0.1) is 57.3 Å². The molecule has 2 N–H and O–H groups in total. The lowest BCUT2D eigenvalue weighted by Crippen LogP contribution is -2.15. The highest BCUT2D eigenvalue weighted by Gasteiger charge is 2.35. The first kappa shape index (κ1) is 38.0. The second kappa shape index (κ2) is 14.3. The summed E-state index contributed by atoms with van der Waals surface area (Å²) >= 11 is 22.5. The highest BCUT2D eigenvalue weighted by atomic mass is 35.5. The summed E-state index contributed by atoms with van der Waals surface area (Å²) in [6.07, 6.45) is -9.60. The van der Waals surface area contributed by atoms with Crippen molar-refractivity contribution in [1.29, 1.82) is 0 Å². The Balaban J connectivity index is 0.000000257. The Bertz CT molecular complexity index is 2050. The smallest absolute Gasteiger partial charge is 0.278 e. The Hall–Kier alpha value is -3.48. The van der Waals surface area contributed by atoms with Crippen LogP contribution >= 0.6 is 46.4 Å². The Kier molecular flexibility index (Phi) is 11.6. The van der Waals surface area contributed by atoms with Gasteiger partial charge in [-0.25, -0.2) is 16.8 Å². The quantitative estimate of drug-likeness (QED) is 0.109. The number of hydrogen-bond donors (Lipinski definition) is 2. The molecule has 4 aromatic rings. The van der Waals surface area contributed by atoms with Gasteiger partial charge in [0.1, 0.15) is 0 Å². The summed E-state index contributed by atoms with van der Waals surface area (Å²) in [6, 6.07) is 13.3. The van der Waals surface area contributed by atoms with E-state index >= 15 is 0 Å². The monoisotopic (exact) mass is 783 g/mol. The second-order valence-corrected chi connectivity index (χ2v) is 13.9. The molecule has 21 heteroatoms. The van der Waals surface area contributed by atoms with Crippen LogP contribution in [0.5, 0.6) is 0 Å². The summed E-state index contributed by atoms with van der Waals surface area (Å²) in [4.78, 5) is 8.63. The van der Waals surface area contributed by atoms with Gasteiger partial charge in [-0.3, -0.25) is 19.6 Å². The van der Waals surface area contributed by atoms with E-state index in [9.17, 15) is 53.3 Å². The molecule has 252 valence electrons. The first-order valence-corrected chi connectivity index (χ1v) is 16.5. The minimum atomic E-state index is -4.84. The maximum Gasteiger partial charge on any atom is 0.417 e. The van der Waals surface area contributed by atoms with E-state index in [0.29, 0.717) is 12.1 Å². The molecule has 0 aliphatic heterocycles. The number of benzene rings is 4. The van der Waals surface area contributed by atoms with Gasteiger partial charge in [-0.1, -0.05) is 58.5 Å². The van der Waals surface area contributed by atoms with Gasteiger partial charge in [0.15, 0.2) is 0 Å². The average Bonchev–Trinajstić information content (AvgIpc) is 2.94. The number of alkyl halides is 6. The minimum absolute atomic E-state index is 0.0627. The molecule has 47 heavy (non-hydrogen) atoms. The summed E-state index contributed by atoms with van der Waals surface area (Å²) in [7, 11) is -8.66. The van der Waals surface area contributed by atoms with Crippen molar-refractivity contribution in [2.45, 2.75) is 22.1 Å². The number of nitro benzene ring substituents is 1. The van der Waals surface area contributed by atoms with Crippen LogP contribution in [0.25, 0.3) is 0 Å². The van der Waals surface area contributed by atoms with Crippen LogP contribution in [0, 0.1) is 10.1 Å². The maximum atomic E-state index is 12.8. The van der Waals surface area contributed by atoms with E-state index in [2.05, 4.69) is 4.72 Å². The van der Waals surface area contributed by atoms with Crippen molar-refractivity contribution >= 4 is 83.5 Å². The normalized spacial score (nSPS) is 12.1. The molecule has 0 amide bonds. The van der Waals surface area contributed by atoms with Crippen LogP contribution in [0.4, 0.5) is 43.4 Å². The SMILES string of the molecule is O=S(=O)(Nc1ccccc1Cl)c1ccc(Cl)c(C(F)(F)F)c1.O=[N+]([O-])c1ccc(NS(=O)(=O)c2ccc(Cl)c(C(F)(F)F)c2)c(Cl)c1. The van der Waals surface area contributed by atoms with Crippen LogP contribution in [0.15, 0.2) is 88.7 Å². The Morgan fingerprint density at radius 1 is 0.574 bits per heavy atom. The van der Waals surface area contributed by atoms with Crippen molar-refractivity contribution in [1.82, 2.24) is 0 Å². The van der Waals surface area contributed by atoms with E-state index in [4.69, 9.17) is 46.4 Å². The topological polar surface area (TPSA) is 135 Å². The highest BCUT2D eigenvalue weighted by molar-refractivity contribution is 7.93. The predicted molar refractivity (Wildman–Crippen MR) is 164 cm³/mol. The number of nitro groups is 1. The number of hydrogen-bond acceptors (Lipinski definition) is 6. The molecule has 0 aliphatic carbocycles. The molecule has 0 atom stereocenters. The van der Waals surface area contributed by atoms with Gasteiger partial charge in [0.25, 0.3) is 25.7 Å². The molecule has 0 saturated heterocycles. The molecule has 0 bridgehead atoms. The lowest BCUT2D eigenvalue weighted by Gasteiger charge is -2.13. The maximum absolute atomic E-state index is 12.8.